The van der Waals surface area contributed by atoms with Crippen molar-refractivity contribution in [1.82, 2.24) is 0 Å². The van der Waals surface area contributed by atoms with Gasteiger partial charge in [0.15, 0.2) is 17.6 Å². The predicted molar refractivity (Wildman–Crippen MR) is 39.6 cm³/mol. The SMILES string of the molecule is COC(=O)C1=NOC(C(C)=O)C1. The monoisotopic (exact) mass is 171 g/mol. The average Bonchev–Trinajstić information content (AvgIpc) is 2.51. The van der Waals surface area contributed by atoms with Crippen molar-refractivity contribution < 1.29 is 19.2 Å². The van der Waals surface area contributed by atoms with Gasteiger partial charge in [-0.15, -0.1) is 0 Å². The highest BCUT2D eigenvalue weighted by Gasteiger charge is 2.29. The summed E-state index contributed by atoms with van der Waals surface area (Å²) < 4.78 is 4.40. The van der Waals surface area contributed by atoms with E-state index in [9.17, 15) is 9.59 Å². The summed E-state index contributed by atoms with van der Waals surface area (Å²) >= 11 is 0. The van der Waals surface area contributed by atoms with Crippen molar-refractivity contribution >= 4 is 17.5 Å². The molecule has 0 N–H and O–H groups in total. The highest BCUT2D eigenvalue weighted by molar-refractivity contribution is 6.37. The molecule has 12 heavy (non-hydrogen) atoms. The van der Waals surface area contributed by atoms with Crippen molar-refractivity contribution in [3.63, 3.8) is 0 Å². The highest BCUT2D eigenvalue weighted by Crippen LogP contribution is 2.11. The first-order chi connectivity index (χ1) is 5.65. The predicted octanol–water partition coefficient (Wildman–Crippen LogP) is -0.107. The molecule has 5 nitrogen and oxygen atoms in total. The lowest BCUT2D eigenvalue weighted by Gasteiger charge is -2.00. The first-order valence-corrected chi connectivity index (χ1v) is 3.46. The van der Waals surface area contributed by atoms with Crippen LogP contribution >= 0.6 is 0 Å². The number of esters is 1. The second-order valence-electron chi connectivity index (χ2n) is 2.44. The second-order valence-corrected chi connectivity index (χ2v) is 2.44. The lowest BCUT2D eigenvalue weighted by Crippen LogP contribution is -2.21. The van der Waals surface area contributed by atoms with E-state index in [1.807, 2.05) is 0 Å². The number of methoxy groups -OCH3 is 1. The molecule has 66 valence electrons. The molecule has 0 aromatic heterocycles. The van der Waals surface area contributed by atoms with Crippen molar-refractivity contribution in [2.24, 2.45) is 5.16 Å². The quantitative estimate of drug-likeness (QED) is 0.544. The first kappa shape index (κ1) is 8.70. The molecular formula is C7H9NO4. The van der Waals surface area contributed by atoms with Crippen molar-refractivity contribution in [3.05, 3.63) is 0 Å². The zero-order valence-electron chi connectivity index (χ0n) is 6.86. The number of ketones is 1. The molecule has 0 saturated heterocycles. The Balaban J connectivity index is 2.54. The Morgan fingerprint density at radius 3 is 2.75 bits per heavy atom. The summed E-state index contributed by atoms with van der Waals surface area (Å²) in [4.78, 5) is 26.3. The second kappa shape index (κ2) is 3.34. The number of nitrogens with zero attached hydrogens (tertiary/aromatic N) is 1. The van der Waals surface area contributed by atoms with E-state index in [0.717, 1.165) is 0 Å². The number of rotatable bonds is 2. The van der Waals surface area contributed by atoms with Gasteiger partial charge in [0.2, 0.25) is 0 Å². The topological polar surface area (TPSA) is 65.0 Å². The third-order valence-electron chi connectivity index (χ3n) is 1.54. The average molecular weight is 171 g/mol. The minimum atomic E-state index is -0.612. The molecule has 0 aromatic carbocycles. The number of hydrogen-bond acceptors (Lipinski definition) is 5. The zero-order chi connectivity index (χ0) is 9.14. The van der Waals surface area contributed by atoms with E-state index in [-0.39, 0.29) is 17.9 Å². The fourth-order valence-corrected chi connectivity index (χ4v) is 0.834. The molecule has 1 heterocycles. The fourth-order valence-electron chi connectivity index (χ4n) is 0.834. The summed E-state index contributed by atoms with van der Waals surface area (Å²) in [7, 11) is 1.26. The Hall–Kier alpha value is -1.39. The third kappa shape index (κ3) is 1.61. The van der Waals surface area contributed by atoms with Crippen LogP contribution < -0.4 is 0 Å². The number of hydrogen-bond donors (Lipinski definition) is 0. The van der Waals surface area contributed by atoms with E-state index in [1.165, 1.54) is 14.0 Å². The van der Waals surface area contributed by atoms with Gasteiger partial charge in [-0.25, -0.2) is 4.79 Å². The molecule has 1 unspecified atom stereocenters. The number of ether oxygens (including phenoxy) is 1. The smallest absolute Gasteiger partial charge is 0.355 e. The van der Waals surface area contributed by atoms with E-state index in [2.05, 4.69) is 14.7 Å². The molecule has 0 fully saturated rings. The Kier molecular flexibility index (Phi) is 2.42. The zero-order valence-corrected chi connectivity index (χ0v) is 6.86. The molecule has 0 saturated carbocycles. The van der Waals surface area contributed by atoms with E-state index in [4.69, 9.17) is 0 Å². The molecular weight excluding hydrogens is 162 g/mol. The molecule has 0 amide bonds. The molecule has 1 rings (SSSR count). The number of Topliss-reactive ketones (excluding diaryl/α,β-unsaturated/α-hetero) is 1. The maximum absolute atomic E-state index is 10.8. The van der Waals surface area contributed by atoms with Crippen LogP contribution in [0, 0.1) is 0 Å². The maximum Gasteiger partial charge on any atom is 0.355 e. The van der Waals surface area contributed by atoms with E-state index < -0.39 is 12.1 Å². The van der Waals surface area contributed by atoms with E-state index in [1.54, 1.807) is 0 Å². The summed E-state index contributed by atoms with van der Waals surface area (Å²) in [5.74, 6) is -0.684. The van der Waals surface area contributed by atoms with Crippen LogP contribution in [0.25, 0.3) is 0 Å². The van der Waals surface area contributed by atoms with Crippen LogP contribution in [0.3, 0.4) is 0 Å². The van der Waals surface area contributed by atoms with Crippen LogP contribution in [0.2, 0.25) is 0 Å². The lowest BCUT2D eigenvalue weighted by molar-refractivity contribution is -0.132. The van der Waals surface area contributed by atoms with Crippen LogP contribution in [0.5, 0.6) is 0 Å². The fraction of sp³-hybridized carbons (Fsp3) is 0.571. The molecule has 1 atom stereocenters. The van der Waals surface area contributed by atoms with Gasteiger partial charge in [0.1, 0.15) is 0 Å². The van der Waals surface area contributed by atoms with Crippen molar-refractivity contribution in [3.8, 4) is 0 Å². The van der Waals surface area contributed by atoms with Gasteiger partial charge in [-0.2, -0.15) is 0 Å². The molecule has 1 aliphatic rings. The summed E-state index contributed by atoms with van der Waals surface area (Å²) in [6, 6.07) is 0. The summed E-state index contributed by atoms with van der Waals surface area (Å²) in [6.07, 6.45) is -0.402. The first-order valence-electron chi connectivity index (χ1n) is 3.46. The number of carbonyl (C=O) groups excluding carboxylic acids is 2. The molecule has 0 aromatic rings. The molecule has 0 spiro atoms. The van der Waals surface area contributed by atoms with Crippen LogP contribution in [0.4, 0.5) is 0 Å². The van der Waals surface area contributed by atoms with Crippen molar-refractivity contribution in [1.29, 1.82) is 0 Å². The van der Waals surface area contributed by atoms with Gasteiger partial charge in [-0.1, -0.05) is 5.16 Å². The van der Waals surface area contributed by atoms with Gasteiger partial charge in [-0.05, 0) is 6.92 Å². The molecule has 0 radical (unpaired) electrons. The highest BCUT2D eigenvalue weighted by atomic mass is 16.6. The van der Waals surface area contributed by atoms with Gasteiger partial charge in [0.05, 0.1) is 7.11 Å². The summed E-state index contributed by atoms with van der Waals surface area (Å²) in [6.45, 7) is 1.39. The standard InChI is InChI=1S/C7H9NO4/c1-4(9)6-3-5(8-12-6)7(10)11-2/h6H,3H2,1-2H3. The van der Waals surface area contributed by atoms with E-state index >= 15 is 0 Å². The van der Waals surface area contributed by atoms with Gasteiger partial charge in [0.25, 0.3) is 0 Å². The summed E-state index contributed by atoms with van der Waals surface area (Å²) in [5, 5.41) is 3.43. The van der Waals surface area contributed by atoms with Crippen LogP contribution in [-0.2, 0) is 19.2 Å². The van der Waals surface area contributed by atoms with Crippen molar-refractivity contribution in [2.75, 3.05) is 7.11 Å². The molecule has 5 heteroatoms. The van der Waals surface area contributed by atoms with Crippen LogP contribution in [0.15, 0.2) is 5.16 Å². The number of oxime groups is 1. The third-order valence-corrected chi connectivity index (χ3v) is 1.54. The minimum Gasteiger partial charge on any atom is -0.464 e. The number of carbonyl (C=O) groups is 2. The van der Waals surface area contributed by atoms with Gasteiger partial charge >= 0.3 is 5.97 Å². The van der Waals surface area contributed by atoms with Gasteiger partial charge in [-0.3, -0.25) is 4.79 Å². The van der Waals surface area contributed by atoms with E-state index in [0.29, 0.717) is 0 Å². The lowest BCUT2D eigenvalue weighted by atomic mass is 10.1. The molecule has 0 bridgehead atoms. The Morgan fingerprint density at radius 2 is 2.33 bits per heavy atom. The van der Waals surface area contributed by atoms with Crippen LogP contribution in [0.1, 0.15) is 13.3 Å². The van der Waals surface area contributed by atoms with Crippen molar-refractivity contribution in [2.45, 2.75) is 19.4 Å². The summed E-state index contributed by atoms with van der Waals surface area (Å²) in [5.41, 5.74) is 0.165. The normalized spacial score (nSPS) is 21.2. The Morgan fingerprint density at radius 1 is 1.67 bits per heavy atom. The van der Waals surface area contributed by atoms with Gasteiger partial charge in [0, 0.05) is 6.42 Å². The van der Waals surface area contributed by atoms with Gasteiger partial charge < -0.3 is 9.57 Å². The largest absolute Gasteiger partial charge is 0.464 e. The Bertz CT molecular complexity index is 246. The molecule has 0 aliphatic carbocycles. The molecule has 1 aliphatic heterocycles. The minimum absolute atomic E-state index is 0.141. The maximum atomic E-state index is 10.8. The Labute approximate surface area is 69.3 Å². The van der Waals surface area contributed by atoms with Crippen LogP contribution in [-0.4, -0.2) is 30.7 Å².